The molecule has 106 valence electrons. The van der Waals surface area contributed by atoms with Gasteiger partial charge in [0.1, 0.15) is 0 Å². The van der Waals surface area contributed by atoms with Crippen LogP contribution in [-0.4, -0.2) is 42.6 Å². The predicted molar refractivity (Wildman–Crippen MR) is 77.4 cm³/mol. The monoisotopic (exact) mass is 284 g/mol. The van der Waals surface area contributed by atoms with Crippen LogP contribution in [0.4, 0.5) is 0 Å². The highest BCUT2D eigenvalue weighted by molar-refractivity contribution is 5.85. The van der Waals surface area contributed by atoms with Crippen LogP contribution in [0.15, 0.2) is 30.3 Å². The molecule has 5 heteroatoms. The summed E-state index contributed by atoms with van der Waals surface area (Å²) >= 11 is 0. The fraction of sp³-hybridized carbons (Fsp3) is 0.500. The summed E-state index contributed by atoms with van der Waals surface area (Å²) < 4.78 is 5.71. The molecule has 1 aromatic carbocycles. The second-order valence-corrected chi connectivity index (χ2v) is 4.76. The Kier molecular flexibility index (Phi) is 6.28. The Labute approximate surface area is 120 Å². The number of morpholine rings is 1. The van der Waals surface area contributed by atoms with E-state index in [2.05, 4.69) is 12.1 Å². The number of nitrogens with zero attached hydrogens (tertiary/aromatic N) is 1. The van der Waals surface area contributed by atoms with Crippen LogP contribution >= 0.6 is 12.4 Å². The minimum atomic E-state index is -0.430. The van der Waals surface area contributed by atoms with Crippen LogP contribution in [0.5, 0.6) is 0 Å². The Bertz CT molecular complexity index is 398. The van der Waals surface area contributed by atoms with E-state index in [1.807, 2.05) is 23.1 Å². The zero-order valence-electron chi connectivity index (χ0n) is 11.1. The van der Waals surface area contributed by atoms with Gasteiger partial charge in [-0.3, -0.25) is 4.79 Å². The number of halogens is 1. The Morgan fingerprint density at radius 2 is 2.16 bits per heavy atom. The SMILES string of the molecule is CC(N)C(=O)N1CCOC(Cc2ccccc2)C1.Cl. The molecular weight excluding hydrogens is 264 g/mol. The molecule has 1 aliphatic rings. The third kappa shape index (κ3) is 4.49. The first-order chi connectivity index (χ1) is 8.66. The van der Waals surface area contributed by atoms with Gasteiger partial charge in [0.05, 0.1) is 18.8 Å². The molecule has 1 heterocycles. The molecule has 2 rings (SSSR count). The smallest absolute Gasteiger partial charge is 0.239 e. The Balaban J connectivity index is 0.00000180. The Hall–Kier alpha value is -1.10. The van der Waals surface area contributed by atoms with Gasteiger partial charge in [-0.15, -0.1) is 12.4 Å². The summed E-state index contributed by atoms with van der Waals surface area (Å²) in [4.78, 5) is 13.6. The molecule has 1 aromatic rings. The molecule has 0 aliphatic carbocycles. The quantitative estimate of drug-likeness (QED) is 0.908. The number of hydrogen-bond acceptors (Lipinski definition) is 3. The van der Waals surface area contributed by atoms with E-state index >= 15 is 0 Å². The van der Waals surface area contributed by atoms with E-state index in [0.29, 0.717) is 19.7 Å². The molecule has 1 saturated heterocycles. The molecule has 19 heavy (non-hydrogen) atoms. The van der Waals surface area contributed by atoms with Gasteiger partial charge in [0, 0.05) is 19.5 Å². The van der Waals surface area contributed by atoms with Crippen molar-refractivity contribution in [3.63, 3.8) is 0 Å². The lowest BCUT2D eigenvalue weighted by Crippen LogP contribution is -2.51. The van der Waals surface area contributed by atoms with Crippen molar-refractivity contribution in [3.05, 3.63) is 35.9 Å². The van der Waals surface area contributed by atoms with E-state index in [1.165, 1.54) is 5.56 Å². The zero-order chi connectivity index (χ0) is 13.0. The number of carbonyl (C=O) groups excluding carboxylic acids is 1. The van der Waals surface area contributed by atoms with Gasteiger partial charge in [0.25, 0.3) is 0 Å². The standard InChI is InChI=1S/C14H20N2O2.ClH/c1-11(15)14(17)16-7-8-18-13(10-16)9-12-5-3-2-4-6-12;/h2-6,11,13H,7-10,15H2,1H3;1H. The van der Waals surface area contributed by atoms with E-state index in [-0.39, 0.29) is 24.4 Å². The van der Waals surface area contributed by atoms with Crippen LogP contribution in [0, 0.1) is 0 Å². The average Bonchev–Trinajstić information content (AvgIpc) is 2.39. The first kappa shape index (κ1) is 16.0. The maximum atomic E-state index is 11.8. The van der Waals surface area contributed by atoms with Gasteiger partial charge in [-0.1, -0.05) is 30.3 Å². The van der Waals surface area contributed by atoms with E-state index in [9.17, 15) is 4.79 Å². The number of rotatable bonds is 3. The van der Waals surface area contributed by atoms with E-state index < -0.39 is 6.04 Å². The summed E-state index contributed by atoms with van der Waals surface area (Å²) in [6.07, 6.45) is 0.910. The maximum Gasteiger partial charge on any atom is 0.239 e. The highest BCUT2D eigenvalue weighted by Gasteiger charge is 2.25. The van der Waals surface area contributed by atoms with Gasteiger partial charge in [-0.05, 0) is 12.5 Å². The first-order valence-electron chi connectivity index (χ1n) is 6.36. The van der Waals surface area contributed by atoms with Crippen LogP contribution < -0.4 is 5.73 Å². The van der Waals surface area contributed by atoms with Gasteiger partial charge in [0.2, 0.25) is 5.91 Å². The number of benzene rings is 1. The van der Waals surface area contributed by atoms with Crippen molar-refractivity contribution < 1.29 is 9.53 Å². The first-order valence-corrected chi connectivity index (χ1v) is 6.36. The average molecular weight is 285 g/mol. The van der Waals surface area contributed by atoms with Crippen LogP contribution in [0.3, 0.4) is 0 Å². The second-order valence-electron chi connectivity index (χ2n) is 4.76. The summed E-state index contributed by atoms with van der Waals surface area (Å²) in [7, 11) is 0. The van der Waals surface area contributed by atoms with Crippen LogP contribution in [0.1, 0.15) is 12.5 Å². The topological polar surface area (TPSA) is 55.6 Å². The fourth-order valence-electron chi connectivity index (χ4n) is 2.21. The minimum Gasteiger partial charge on any atom is -0.374 e. The maximum absolute atomic E-state index is 11.8. The van der Waals surface area contributed by atoms with Gasteiger partial charge in [0.15, 0.2) is 0 Å². The molecule has 0 aromatic heterocycles. The number of nitrogens with two attached hydrogens (primary N) is 1. The summed E-state index contributed by atoms with van der Waals surface area (Å²) in [6, 6.07) is 9.76. The lowest BCUT2D eigenvalue weighted by molar-refractivity contribution is -0.139. The minimum absolute atomic E-state index is 0. The van der Waals surface area contributed by atoms with Gasteiger partial charge in [-0.25, -0.2) is 0 Å². The van der Waals surface area contributed by atoms with Crippen LogP contribution in [0.25, 0.3) is 0 Å². The van der Waals surface area contributed by atoms with Crippen molar-refractivity contribution in [2.24, 2.45) is 5.73 Å². The molecule has 2 N–H and O–H groups in total. The van der Waals surface area contributed by atoms with Crippen molar-refractivity contribution in [2.75, 3.05) is 19.7 Å². The van der Waals surface area contributed by atoms with E-state index in [4.69, 9.17) is 10.5 Å². The largest absolute Gasteiger partial charge is 0.374 e. The van der Waals surface area contributed by atoms with Gasteiger partial charge >= 0.3 is 0 Å². The number of carbonyl (C=O) groups is 1. The molecule has 1 aliphatic heterocycles. The molecule has 1 amide bonds. The number of ether oxygens (including phenoxy) is 1. The number of hydrogen-bond donors (Lipinski definition) is 1. The van der Waals surface area contributed by atoms with Crippen molar-refractivity contribution in [2.45, 2.75) is 25.5 Å². The van der Waals surface area contributed by atoms with Crippen LogP contribution in [-0.2, 0) is 16.0 Å². The highest BCUT2D eigenvalue weighted by atomic mass is 35.5. The lowest BCUT2D eigenvalue weighted by atomic mass is 10.1. The molecule has 2 atom stereocenters. The lowest BCUT2D eigenvalue weighted by Gasteiger charge is -2.34. The third-order valence-corrected chi connectivity index (χ3v) is 3.15. The normalized spacial score (nSPS) is 20.5. The molecule has 1 fully saturated rings. The zero-order valence-corrected chi connectivity index (χ0v) is 11.9. The summed E-state index contributed by atoms with van der Waals surface area (Å²) in [5.41, 5.74) is 6.87. The summed E-state index contributed by atoms with van der Waals surface area (Å²) in [5, 5.41) is 0. The summed E-state index contributed by atoms with van der Waals surface area (Å²) in [5.74, 6) is 0.0105. The van der Waals surface area contributed by atoms with Crippen molar-refractivity contribution in [1.29, 1.82) is 0 Å². The van der Waals surface area contributed by atoms with Crippen molar-refractivity contribution >= 4 is 18.3 Å². The van der Waals surface area contributed by atoms with Gasteiger partial charge in [-0.2, -0.15) is 0 Å². The molecular formula is C14H21ClN2O2. The third-order valence-electron chi connectivity index (χ3n) is 3.15. The fourth-order valence-corrected chi connectivity index (χ4v) is 2.21. The molecule has 0 saturated carbocycles. The predicted octanol–water partition coefficient (Wildman–Crippen LogP) is 1.23. The Morgan fingerprint density at radius 1 is 1.47 bits per heavy atom. The van der Waals surface area contributed by atoms with Crippen molar-refractivity contribution in [3.8, 4) is 0 Å². The Morgan fingerprint density at radius 3 is 2.79 bits per heavy atom. The van der Waals surface area contributed by atoms with Crippen LogP contribution in [0.2, 0.25) is 0 Å². The van der Waals surface area contributed by atoms with E-state index in [1.54, 1.807) is 6.92 Å². The highest BCUT2D eigenvalue weighted by Crippen LogP contribution is 2.12. The van der Waals surface area contributed by atoms with E-state index in [0.717, 1.165) is 6.42 Å². The molecule has 2 unspecified atom stereocenters. The molecule has 0 spiro atoms. The van der Waals surface area contributed by atoms with Crippen molar-refractivity contribution in [1.82, 2.24) is 4.90 Å². The van der Waals surface area contributed by atoms with Gasteiger partial charge < -0.3 is 15.4 Å². The molecule has 0 bridgehead atoms. The molecule has 4 nitrogen and oxygen atoms in total. The summed E-state index contributed by atoms with van der Waals surface area (Å²) in [6.45, 7) is 3.60. The number of amides is 1. The molecule has 0 radical (unpaired) electrons. The second kappa shape index (κ2) is 7.48.